The van der Waals surface area contributed by atoms with Crippen LogP contribution in [0.2, 0.25) is 0 Å². The number of amides is 3. The topological polar surface area (TPSA) is 120 Å². The minimum Gasteiger partial charge on any atom is -0.361 e. The zero-order valence-electron chi connectivity index (χ0n) is 20.1. The fourth-order valence-corrected chi connectivity index (χ4v) is 3.81. The molecule has 0 saturated heterocycles. The fourth-order valence-electron chi connectivity index (χ4n) is 3.81. The van der Waals surface area contributed by atoms with Gasteiger partial charge in [-0.1, -0.05) is 58.7 Å². The van der Waals surface area contributed by atoms with E-state index in [0.29, 0.717) is 25.5 Å². The molecule has 2 aromatic rings. The van der Waals surface area contributed by atoms with Crippen molar-refractivity contribution in [2.24, 2.45) is 11.8 Å². The smallest absolute Gasteiger partial charge is 0.243 e. The number of carbonyl (C=O) groups is 4. The molecule has 0 aliphatic rings. The number of aromatic nitrogens is 1. The zero-order valence-corrected chi connectivity index (χ0v) is 20.1. The summed E-state index contributed by atoms with van der Waals surface area (Å²) in [6.07, 6.45) is 4.23. The van der Waals surface area contributed by atoms with Gasteiger partial charge in [0.15, 0.2) is 0 Å². The van der Waals surface area contributed by atoms with Gasteiger partial charge in [0.1, 0.15) is 18.4 Å². The van der Waals surface area contributed by atoms with Crippen LogP contribution in [0.1, 0.15) is 53.0 Å². The van der Waals surface area contributed by atoms with Crippen LogP contribution < -0.4 is 16.0 Å². The first-order valence-electron chi connectivity index (χ1n) is 11.6. The normalized spacial score (nSPS) is 15.7. The fraction of sp³-hybridized carbons (Fsp3) is 0.520. The Labute approximate surface area is 195 Å². The van der Waals surface area contributed by atoms with Crippen molar-refractivity contribution in [3.8, 4) is 0 Å². The van der Waals surface area contributed by atoms with E-state index in [0.717, 1.165) is 16.5 Å². The van der Waals surface area contributed by atoms with Crippen molar-refractivity contribution >= 4 is 34.9 Å². The zero-order chi connectivity index (χ0) is 24.5. The highest BCUT2D eigenvalue weighted by Gasteiger charge is 2.32. The first kappa shape index (κ1) is 26.1. The van der Waals surface area contributed by atoms with Crippen molar-refractivity contribution in [3.63, 3.8) is 0 Å². The number of H-pyrrole nitrogens is 1. The van der Waals surface area contributed by atoms with Gasteiger partial charge in [-0.15, -0.1) is 0 Å². The molecule has 0 aliphatic heterocycles. The molecule has 8 nitrogen and oxygen atoms in total. The van der Waals surface area contributed by atoms with E-state index in [4.69, 9.17) is 0 Å². The number of nitrogens with one attached hydrogen (secondary N) is 4. The Hall–Kier alpha value is -3.16. The molecule has 0 saturated carbocycles. The SMILES string of the molecule is CC[C@H](C)[C@H](NC(C)=O)C(=O)N[C@H](C(=O)N[C@H](C=O)Cc1c[nH]c2ccccc12)[C@@H](C)CC. The number of aldehydes is 1. The largest absolute Gasteiger partial charge is 0.361 e. The Morgan fingerprint density at radius 1 is 0.939 bits per heavy atom. The van der Waals surface area contributed by atoms with Crippen LogP contribution in [-0.4, -0.2) is 47.1 Å². The van der Waals surface area contributed by atoms with Crippen LogP contribution in [0.15, 0.2) is 30.5 Å². The van der Waals surface area contributed by atoms with E-state index in [9.17, 15) is 19.2 Å². The maximum absolute atomic E-state index is 13.1. The van der Waals surface area contributed by atoms with E-state index >= 15 is 0 Å². The van der Waals surface area contributed by atoms with Gasteiger partial charge in [-0.2, -0.15) is 0 Å². The summed E-state index contributed by atoms with van der Waals surface area (Å²) in [7, 11) is 0. The molecule has 0 radical (unpaired) electrons. The monoisotopic (exact) mass is 456 g/mol. The number of aromatic amines is 1. The molecule has 2 rings (SSSR count). The number of hydrogen-bond donors (Lipinski definition) is 4. The molecule has 0 aliphatic carbocycles. The van der Waals surface area contributed by atoms with Crippen molar-refractivity contribution < 1.29 is 19.2 Å². The molecule has 1 heterocycles. The van der Waals surface area contributed by atoms with Crippen molar-refractivity contribution in [2.75, 3.05) is 0 Å². The first-order chi connectivity index (χ1) is 15.7. The Morgan fingerprint density at radius 2 is 1.52 bits per heavy atom. The van der Waals surface area contributed by atoms with Crippen LogP contribution in [0.25, 0.3) is 10.9 Å². The highest BCUT2D eigenvalue weighted by Crippen LogP contribution is 2.19. The lowest BCUT2D eigenvalue weighted by atomic mass is 9.94. The third-order valence-corrected chi connectivity index (χ3v) is 6.25. The standard InChI is InChI=1S/C25H36N4O4/c1-6-15(3)22(27-17(5)31)25(33)29-23(16(4)7-2)24(32)28-19(14-30)12-18-13-26-21-11-9-8-10-20(18)21/h8-11,13-16,19,22-23,26H,6-7,12H2,1-5H3,(H,27,31)(H,28,32)(H,29,33)/t15-,16-,19-,22-,23-/m0/s1. The molecule has 1 aromatic heterocycles. The van der Waals surface area contributed by atoms with E-state index in [2.05, 4.69) is 20.9 Å². The lowest BCUT2D eigenvalue weighted by molar-refractivity contribution is -0.134. The van der Waals surface area contributed by atoms with Gasteiger partial charge in [-0.25, -0.2) is 0 Å². The third-order valence-electron chi connectivity index (χ3n) is 6.25. The predicted octanol–water partition coefficient (Wildman–Crippen LogP) is 2.48. The van der Waals surface area contributed by atoms with Gasteiger partial charge in [0, 0.05) is 30.4 Å². The molecule has 1 aromatic carbocycles. The minimum absolute atomic E-state index is 0.0980. The van der Waals surface area contributed by atoms with Crippen LogP contribution in [-0.2, 0) is 25.6 Å². The van der Waals surface area contributed by atoms with Gasteiger partial charge < -0.3 is 25.7 Å². The van der Waals surface area contributed by atoms with Crippen LogP contribution in [0, 0.1) is 11.8 Å². The van der Waals surface area contributed by atoms with Crippen molar-refractivity contribution in [1.82, 2.24) is 20.9 Å². The van der Waals surface area contributed by atoms with Gasteiger partial charge in [0.2, 0.25) is 17.7 Å². The molecule has 0 bridgehead atoms. The van der Waals surface area contributed by atoms with Crippen LogP contribution in [0.3, 0.4) is 0 Å². The van der Waals surface area contributed by atoms with Crippen molar-refractivity contribution in [1.29, 1.82) is 0 Å². The van der Waals surface area contributed by atoms with Crippen molar-refractivity contribution in [3.05, 3.63) is 36.0 Å². The average molecular weight is 457 g/mol. The maximum atomic E-state index is 13.1. The van der Waals surface area contributed by atoms with E-state index < -0.39 is 29.9 Å². The van der Waals surface area contributed by atoms with Gasteiger partial charge in [0.05, 0.1) is 6.04 Å². The summed E-state index contributed by atoms with van der Waals surface area (Å²) in [5.41, 5.74) is 1.89. The number of para-hydroxylation sites is 1. The Morgan fingerprint density at radius 3 is 2.09 bits per heavy atom. The van der Waals surface area contributed by atoms with Crippen molar-refractivity contribution in [2.45, 2.75) is 72.0 Å². The van der Waals surface area contributed by atoms with Crippen LogP contribution in [0.5, 0.6) is 0 Å². The van der Waals surface area contributed by atoms with Crippen LogP contribution in [0.4, 0.5) is 0 Å². The first-order valence-corrected chi connectivity index (χ1v) is 11.6. The molecule has 0 unspecified atom stereocenters. The number of benzene rings is 1. The van der Waals surface area contributed by atoms with E-state index in [1.54, 1.807) is 0 Å². The van der Waals surface area contributed by atoms with Gasteiger partial charge >= 0.3 is 0 Å². The Balaban J connectivity index is 2.15. The minimum atomic E-state index is -0.826. The second-order valence-electron chi connectivity index (χ2n) is 8.75. The highest BCUT2D eigenvalue weighted by molar-refractivity contribution is 5.93. The third kappa shape index (κ3) is 6.91. The lowest BCUT2D eigenvalue weighted by Gasteiger charge is -2.29. The summed E-state index contributed by atoms with van der Waals surface area (Å²) in [6, 6.07) is 5.46. The van der Waals surface area contributed by atoms with E-state index in [1.807, 2.05) is 58.2 Å². The molecular weight excluding hydrogens is 420 g/mol. The summed E-state index contributed by atoms with van der Waals surface area (Å²) in [5.74, 6) is -1.39. The molecule has 3 amide bonds. The highest BCUT2D eigenvalue weighted by atomic mass is 16.2. The van der Waals surface area contributed by atoms with Gasteiger partial charge in [-0.05, 0) is 23.5 Å². The Bertz CT molecular complexity index is 970. The van der Waals surface area contributed by atoms with E-state index in [1.165, 1.54) is 6.92 Å². The predicted molar refractivity (Wildman–Crippen MR) is 128 cm³/mol. The number of fused-ring (bicyclic) bond motifs is 1. The number of rotatable bonds is 12. The lowest BCUT2D eigenvalue weighted by Crippen LogP contribution is -2.58. The molecule has 0 spiro atoms. The second-order valence-corrected chi connectivity index (χ2v) is 8.75. The van der Waals surface area contributed by atoms with E-state index in [-0.39, 0.29) is 17.7 Å². The van der Waals surface area contributed by atoms with Crippen LogP contribution >= 0.6 is 0 Å². The molecule has 180 valence electrons. The molecule has 0 fully saturated rings. The maximum Gasteiger partial charge on any atom is 0.243 e. The Kier molecular flexibility index (Phi) is 9.63. The average Bonchev–Trinajstić information content (AvgIpc) is 3.21. The molecular formula is C25H36N4O4. The summed E-state index contributed by atoms with van der Waals surface area (Å²) < 4.78 is 0. The number of hydrogen-bond acceptors (Lipinski definition) is 4. The summed E-state index contributed by atoms with van der Waals surface area (Å²) in [5, 5.41) is 9.29. The molecule has 33 heavy (non-hydrogen) atoms. The second kappa shape index (κ2) is 12.2. The molecule has 5 atom stereocenters. The molecule has 4 N–H and O–H groups in total. The van der Waals surface area contributed by atoms with Gasteiger partial charge in [0.25, 0.3) is 0 Å². The summed E-state index contributed by atoms with van der Waals surface area (Å²) >= 11 is 0. The summed E-state index contributed by atoms with van der Waals surface area (Å²) in [4.78, 5) is 52.7. The van der Waals surface area contributed by atoms with Gasteiger partial charge in [-0.3, -0.25) is 14.4 Å². The summed E-state index contributed by atoms with van der Waals surface area (Å²) in [6.45, 7) is 8.98. The quantitative estimate of drug-likeness (QED) is 0.367. The molecule has 8 heteroatoms. The number of carbonyl (C=O) groups excluding carboxylic acids is 4.